The van der Waals surface area contributed by atoms with Crippen LogP contribution < -0.4 is 26.1 Å². The molecule has 154 valence electrons. The van der Waals surface area contributed by atoms with Crippen molar-refractivity contribution < 1.29 is 14.3 Å². The van der Waals surface area contributed by atoms with Crippen molar-refractivity contribution in [3.05, 3.63) is 35.7 Å². The van der Waals surface area contributed by atoms with Crippen LogP contribution in [-0.4, -0.2) is 73.6 Å². The van der Waals surface area contributed by atoms with E-state index in [1.165, 1.54) is 6.21 Å². The lowest BCUT2D eigenvalue weighted by molar-refractivity contribution is 0.100. The second kappa shape index (κ2) is 10.3. The van der Waals surface area contributed by atoms with Crippen LogP contribution in [0.25, 0.3) is 0 Å². The number of rotatable bonds is 9. The van der Waals surface area contributed by atoms with Gasteiger partial charge in [0, 0.05) is 25.2 Å². The quantitative estimate of drug-likeness (QED) is 0.298. The van der Waals surface area contributed by atoms with Crippen molar-refractivity contribution in [2.45, 2.75) is 0 Å². The molecule has 0 saturated carbocycles. The van der Waals surface area contributed by atoms with E-state index in [0.29, 0.717) is 62.5 Å². The SMILES string of the molecule is CNCCOc1nc(/C=N/Nc2cccc(C(N)=O)c2)nc(N2CCOCC2)n1. The molecule has 0 radical (unpaired) electrons. The van der Waals surface area contributed by atoms with E-state index >= 15 is 0 Å². The number of likely N-dealkylation sites (N-methyl/N-ethyl adjacent to an activating group) is 1. The number of nitrogens with two attached hydrogens (primary N) is 1. The highest BCUT2D eigenvalue weighted by molar-refractivity contribution is 5.93. The fourth-order valence-corrected chi connectivity index (χ4v) is 2.54. The molecule has 1 saturated heterocycles. The number of carbonyl (C=O) groups is 1. The Morgan fingerprint density at radius 3 is 2.93 bits per heavy atom. The van der Waals surface area contributed by atoms with Gasteiger partial charge in [0.2, 0.25) is 11.9 Å². The summed E-state index contributed by atoms with van der Waals surface area (Å²) in [6, 6.07) is 6.95. The summed E-state index contributed by atoms with van der Waals surface area (Å²) >= 11 is 0. The van der Waals surface area contributed by atoms with E-state index in [1.54, 1.807) is 24.3 Å². The number of nitrogens with zero attached hydrogens (tertiary/aromatic N) is 5. The first-order valence-corrected chi connectivity index (χ1v) is 9.21. The number of hydrazone groups is 1. The largest absolute Gasteiger partial charge is 0.462 e. The molecule has 1 amide bonds. The molecule has 2 heterocycles. The van der Waals surface area contributed by atoms with E-state index in [0.717, 1.165) is 0 Å². The number of benzene rings is 1. The molecule has 0 atom stereocenters. The van der Waals surface area contributed by atoms with Gasteiger partial charge in [0.25, 0.3) is 0 Å². The zero-order valence-corrected chi connectivity index (χ0v) is 16.2. The number of anilines is 2. The number of aromatic nitrogens is 3. The van der Waals surface area contributed by atoms with Crippen molar-refractivity contribution in [1.29, 1.82) is 0 Å². The van der Waals surface area contributed by atoms with Gasteiger partial charge in [0.1, 0.15) is 6.61 Å². The van der Waals surface area contributed by atoms with Crippen molar-refractivity contribution in [2.75, 3.05) is 56.8 Å². The maximum atomic E-state index is 11.3. The number of primary amides is 1. The third-order valence-corrected chi connectivity index (χ3v) is 4.02. The second-order valence-electron chi connectivity index (χ2n) is 6.14. The number of hydrogen-bond acceptors (Lipinski definition) is 10. The fourth-order valence-electron chi connectivity index (χ4n) is 2.54. The molecule has 1 fully saturated rings. The van der Waals surface area contributed by atoms with Gasteiger partial charge in [-0.15, -0.1) is 0 Å². The summed E-state index contributed by atoms with van der Waals surface area (Å²) in [5.74, 6) is 0.355. The van der Waals surface area contributed by atoms with E-state index in [4.69, 9.17) is 15.2 Å². The van der Waals surface area contributed by atoms with Crippen molar-refractivity contribution in [2.24, 2.45) is 10.8 Å². The molecule has 0 unspecified atom stereocenters. The van der Waals surface area contributed by atoms with Gasteiger partial charge in [0.05, 0.1) is 25.1 Å². The summed E-state index contributed by atoms with van der Waals surface area (Å²) in [4.78, 5) is 26.4. The van der Waals surface area contributed by atoms with E-state index in [2.05, 4.69) is 30.8 Å². The summed E-state index contributed by atoms with van der Waals surface area (Å²) in [6.45, 7) is 3.70. The monoisotopic (exact) mass is 400 g/mol. The van der Waals surface area contributed by atoms with Gasteiger partial charge in [-0.25, -0.2) is 0 Å². The first kappa shape index (κ1) is 20.4. The molecule has 29 heavy (non-hydrogen) atoms. The average molecular weight is 400 g/mol. The minimum absolute atomic E-state index is 0.230. The molecule has 1 aromatic carbocycles. The number of ether oxygens (including phenoxy) is 2. The van der Waals surface area contributed by atoms with Crippen LogP contribution in [0, 0.1) is 0 Å². The number of morpholine rings is 1. The van der Waals surface area contributed by atoms with Gasteiger partial charge >= 0.3 is 6.01 Å². The molecular formula is C18H24N8O3. The Hall–Kier alpha value is -3.31. The maximum Gasteiger partial charge on any atom is 0.321 e. The highest BCUT2D eigenvalue weighted by Gasteiger charge is 2.16. The molecule has 0 aliphatic carbocycles. The van der Waals surface area contributed by atoms with Gasteiger partial charge in [-0.1, -0.05) is 6.07 Å². The first-order valence-electron chi connectivity index (χ1n) is 9.21. The van der Waals surface area contributed by atoms with Crippen LogP contribution >= 0.6 is 0 Å². The standard InChI is InChI=1S/C18H24N8O3/c1-20-5-8-29-18-23-15(22-17(24-18)26-6-9-28-10-7-26)12-21-25-14-4-2-3-13(11-14)16(19)27/h2-4,11-12,20,25H,5-10H2,1H3,(H2,19,27)/b21-12+. The Balaban J connectivity index is 1.75. The van der Waals surface area contributed by atoms with Crippen LogP contribution in [0.1, 0.15) is 16.2 Å². The van der Waals surface area contributed by atoms with E-state index in [1.807, 2.05) is 11.9 Å². The predicted molar refractivity (Wildman–Crippen MR) is 108 cm³/mol. The zero-order chi connectivity index (χ0) is 20.5. The molecule has 11 nitrogen and oxygen atoms in total. The van der Waals surface area contributed by atoms with Crippen LogP contribution in [0.15, 0.2) is 29.4 Å². The number of nitrogens with one attached hydrogen (secondary N) is 2. The highest BCUT2D eigenvalue weighted by Crippen LogP contribution is 2.14. The summed E-state index contributed by atoms with van der Waals surface area (Å²) in [6.07, 6.45) is 1.47. The Kier molecular flexibility index (Phi) is 7.25. The van der Waals surface area contributed by atoms with E-state index < -0.39 is 5.91 Å². The average Bonchev–Trinajstić information content (AvgIpc) is 2.75. The normalized spacial score (nSPS) is 14.2. The lowest BCUT2D eigenvalue weighted by Gasteiger charge is -2.26. The smallest absolute Gasteiger partial charge is 0.321 e. The van der Waals surface area contributed by atoms with Crippen molar-refractivity contribution in [3.63, 3.8) is 0 Å². The predicted octanol–water partition coefficient (Wildman–Crippen LogP) is -0.149. The second-order valence-corrected chi connectivity index (χ2v) is 6.14. The Morgan fingerprint density at radius 1 is 1.34 bits per heavy atom. The summed E-state index contributed by atoms with van der Waals surface area (Å²) < 4.78 is 11.0. The van der Waals surface area contributed by atoms with Crippen LogP contribution in [0.2, 0.25) is 0 Å². The van der Waals surface area contributed by atoms with Crippen molar-refractivity contribution >= 4 is 23.8 Å². The van der Waals surface area contributed by atoms with Gasteiger partial charge in [-0.2, -0.15) is 20.1 Å². The lowest BCUT2D eigenvalue weighted by Crippen LogP contribution is -2.37. The molecule has 1 aromatic heterocycles. The molecule has 4 N–H and O–H groups in total. The summed E-state index contributed by atoms with van der Waals surface area (Å²) in [7, 11) is 1.84. The maximum absolute atomic E-state index is 11.3. The number of hydrogen-bond donors (Lipinski definition) is 3. The van der Waals surface area contributed by atoms with Crippen LogP contribution in [0.3, 0.4) is 0 Å². The highest BCUT2D eigenvalue weighted by atomic mass is 16.5. The minimum Gasteiger partial charge on any atom is -0.462 e. The van der Waals surface area contributed by atoms with Gasteiger partial charge in [0.15, 0.2) is 5.82 Å². The van der Waals surface area contributed by atoms with Crippen LogP contribution in [0.4, 0.5) is 11.6 Å². The zero-order valence-electron chi connectivity index (χ0n) is 16.2. The van der Waals surface area contributed by atoms with Crippen molar-refractivity contribution in [1.82, 2.24) is 20.3 Å². The summed E-state index contributed by atoms with van der Waals surface area (Å²) in [5, 5.41) is 7.15. The molecule has 2 aromatic rings. The number of carbonyl (C=O) groups excluding carboxylic acids is 1. The minimum atomic E-state index is -0.506. The topological polar surface area (TPSA) is 140 Å². The third kappa shape index (κ3) is 6.09. The van der Waals surface area contributed by atoms with Gasteiger partial charge in [-0.05, 0) is 25.2 Å². The Bertz CT molecular complexity index is 855. The molecule has 1 aliphatic heterocycles. The molecule has 0 bridgehead atoms. The van der Waals surface area contributed by atoms with Gasteiger partial charge in [-0.3, -0.25) is 10.2 Å². The van der Waals surface area contributed by atoms with Crippen molar-refractivity contribution in [3.8, 4) is 6.01 Å². The Morgan fingerprint density at radius 2 is 2.17 bits per heavy atom. The van der Waals surface area contributed by atoms with Gasteiger partial charge < -0.3 is 25.4 Å². The van der Waals surface area contributed by atoms with E-state index in [9.17, 15) is 4.79 Å². The third-order valence-electron chi connectivity index (χ3n) is 4.02. The number of amides is 1. The first-order chi connectivity index (χ1) is 14.2. The molecule has 0 spiro atoms. The molecule has 11 heteroatoms. The van der Waals surface area contributed by atoms with Crippen LogP contribution in [0.5, 0.6) is 6.01 Å². The lowest BCUT2D eigenvalue weighted by atomic mass is 10.2. The molecule has 3 rings (SSSR count). The summed E-state index contributed by atoms with van der Waals surface area (Å²) in [5.41, 5.74) is 9.13. The molecular weight excluding hydrogens is 376 g/mol. The molecule has 1 aliphatic rings. The van der Waals surface area contributed by atoms with Crippen LogP contribution in [-0.2, 0) is 4.74 Å². The fraction of sp³-hybridized carbons (Fsp3) is 0.389. The van der Waals surface area contributed by atoms with E-state index in [-0.39, 0.29) is 6.01 Å². The Labute approximate surface area is 168 Å².